The van der Waals surface area contributed by atoms with Crippen molar-refractivity contribution in [2.24, 2.45) is 5.92 Å². The van der Waals surface area contributed by atoms with Crippen molar-refractivity contribution < 1.29 is 19.1 Å². The minimum atomic E-state index is -0.167. The summed E-state index contributed by atoms with van der Waals surface area (Å²) in [5.74, 6) is 0.427. The average Bonchev–Trinajstić information content (AvgIpc) is 2.85. The van der Waals surface area contributed by atoms with E-state index in [2.05, 4.69) is 29.0 Å². The molecule has 8 nitrogen and oxygen atoms in total. The van der Waals surface area contributed by atoms with Crippen LogP contribution in [0.3, 0.4) is 0 Å². The summed E-state index contributed by atoms with van der Waals surface area (Å²) < 4.78 is 12.0. The molecule has 0 saturated carbocycles. The largest absolute Gasteiger partial charge is 0.491 e. The van der Waals surface area contributed by atoms with E-state index in [1.165, 1.54) is 0 Å². The fraction of sp³-hybridized carbons (Fsp3) is 0.519. The molecule has 3 atom stereocenters. The Labute approximate surface area is 208 Å². The maximum Gasteiger partial charge on any atom is 0.257 e. The predicted molar refractivity (Wildman–Crippen MR) is 137 cm³/mol. The number of anilines is 1. The molecule has 35 heavy (non-hydrogen) atoms. The summed E-state index contributed by atoms with van der Waals surface area (Å²) in [5, 5.41) is 2.88. The van der Waals surface area contributed by atoms with E-state index in [4.69, 9.17) is 9.47 Å². The number of pyridine rings is 1. The molecule has 2 amide bonds. The lowest BCUT2D eigenvalue weighted by Gasteiger charge is -2.35. The molecule has 190 valence electrons. The fourth-order valence-electron chi connectivity index (χ4n) is 4.30. The number of ether oxygens (including phenoxy) is 2. The lowest BCUT2D eigenvalue weighted by molar-refractivity contribution is -0.116. The zero-order chi connectivity index (χ0) is 25.4. The van der Waals surface area contributed by atoms with Crippen molar-refractivity contribution in [3.05, 3.63) is 53.9 Å². The molecular formula is C27H38N4O4. The smallest absolute Gasteiger partial charge is 0.257 e. The first-order chi connectivity index (χ1) is 16.8. The van der Waals surface area contributed by atoms with Crippen molar-refractivity contribution in [1.82, 2.24) is 14.8 Å². The van der Waals surface area contributed by atoms with E-state index in [1.807, 2.05) is 31.3 Å². The van der Waals surface area contributed by atoms with Gasteiger partial charge in [0.15, 0.2) is 0 Å². The van der Waals surface area contributed by atoms with Crippen LogP contribution in [0.2, 0.25) is 0 Å². The van der Waals surface area contributed by atoms with E-state index < -0.39 is 0 Å². The second-order valence-electron chi connectivity index (χ2n) is 9.36. The number of hydrogen-bond acceptors (Lipinski definition) is 6. The molecule has 3 rings (SSSR count). The van der Waals surface area contributed by atoms with Crippen molar-refractivity contribution >= 4 is 17.5 Å². The van der Waals surface area contributed by atoms with Crippen LogP contribution in [-0.2, 0) is 16.1 Å². The SMILES string of the molecule is CCCC(=O)Nc1ccc2c(c1)C(=O)N(C)C[C@H](OC)[C@H](C)CN(Cc1ccccn1)[C@@H](C)CO2. The molecule has 1 aromatic heterocycles. The number of hydrogen-bond donors (Lipinski definition) is 1. The average molecular weight is 483 g/mol. The second-order valence-corrected chi connectivity index (χ2v) is 9.36. The van der Waals surface area contributed by atoms with E-state index >= 15 is 0 Å². The van der Waals surface area contributed by atoms with Gasteiger partial charge in [0, 0.05) is 58.1 Å². The number of likely N-dealkylation sites (N-methyl/N-ethyl adjacent to an activating group) is 1. The van der Waals surface area contributed by atoms with Gasteiger partial charge in [-0.25, -0.2) is 0 Å². The molecule has 1 aliphatic heterocycles. The number of aromatic nitrogens is 1. The van der Waals surface area contributed by atoms with Crippen LogP contribution in [0.5, 0.6) is 5.75 Å². The van der Waals surface area contributed by atoms with Crippen molar-refractivity contribution in [1.29, 1.82) is 0 Å². The predicted octanol–water partition coefficient (Wildman–Crippen LogP) is 3.83. The molecule has 0 aliphatic carbocycles. The number of fused-ring (bicyclic) bond motifs is 1. The zero-order valence-corrected chi connectivity index (χ0v) is 21.5. The maximum absolute atomic E-state index is 13.4. The summed E-state index contributed by atoms with van der Waals surface area (Å²) in [7, 11) is 3.46. The fourth-order valence-corrected chi connectivity index (χ4v) is 4.30. The summed E-state index contributed by atoms with van der Waals surface area (Å²) in [5.41, 5.74) is 2.00. The van der Waals surface area contributed by atoms with Crippen molar-refractivity contribution in [3.8, 4) is 5.75 Å². The molecular weight excluding hydrogens is 444 g/mol. The third-order valence-electron chi connectivity index (χ3n) is 6.43. The van der Waals surface area contributed by atoms with Crippen LogP contribution in [-0.4, -0.2) is 72.6 Å². The highest BCUT2D eigenvalue weighted by Crippen LogP contribution is 2.27. The summed E-state index contributed by atoms with van der Waals surface area (Å²) in [6.07, 6.45) is 2.85. The van der Waals surface area contributed by atoms with Crippen molar-refractivity contribution in [3.63, 3.8) is 0 Å². The molecule has 0 bridgehead atoms. The van der Waals surface area contributed by atoms with Gasteiger partial charge in [0.1, 0.15) is 12.4 Å². The maximum atomic E-state index is 13.4. The van der Waals surface area contributed by atoms with Gasteiger partial charge in [-0.1, -0.05) is 19.9 Å². The third-order valence-corrected chi connectivity index (χ3v) is 6.43. The van der Waals surface area contributed by atoms with Crippen molar-refractivity contribution in [2.75, 3.05) is 39.2 Å². The second kappa shape index (κ2) is 12.7. The third kappa shape index (κ3) is 7.26. The van der Waals surface area contributed by atoms with Gasteiger partial charge in [0.2, 0.25) is 5.91 Å². The van der Waals surface area contributed by atoms with Crippen LogP contribution in [0, 0.1) is 5.92 Å². The minimum Gasteiger partial charge on any atom is -0.491 e. The summed E-state index contributed by atoms with van der Waals surface area (Å²) in [6, 6.07) is 11.3. The quantitative estimate of drug-likeness (QED) is 0.674. The highest BCUT2D eigenvalue weighted by atomic mass is 16.5. The van der Waals surface area contributed by atoms with Gasteiger partial charge < -0.3 is 19.7 Å². The Morgan fingerprint density at radius 3 is 2.71 bits per heavy atom. The van der Waals surface area contributed by atoms with Crippen LogP contribution in [0.4, 0.5) is 5.69 Å². The molecule has 1 N–H and O–H groups in total. The lowest BCUT2D eigenvalue weighted by Crippen LogP contribution is -2.46. The van der Waals surface area contributed by atoms with Gasteiger partial charge in [0.25, 0.3) is 5.91 Å². The first-order valence-electron chi connectivity index (χ1n) is 12.3. The Bertz CT molecular complexity index is 984. The number of nitrogens with zero attached hydrogens (tertiary/aromatic N) is 3. The Hall–Kier alpha value is -2.97. The molecule has 8 heteroatoms. The molecule has 0 spiro atoms. The highest BCUT2D eigenvalue weighted by Gasteiger charge is 2.28. The number of nitrogens with one attached hydrogen (secondary N) is 1. The molecule has 0 radical (unpaired) electrons. The molecule has 0 saturated heterocycles. The molecule has 2 aromatic rings. The first-order valence-corrected chi connectivity index (χ1v) is 12.3. The molecule has 0 unspecified atom stereocenters. The van der Waals surface area contributed by atoms with Crippen LogP contribution in [0.25, 0.3) is 0 Å². The van der Waals surface area contributed by atoms with Gasteiger partial charge in [-0.2, -0.15) is 0 Å². The number of benzene rings is 1. The van der Waals surface area contributed by atoms with E-state index in [9.17, 15) is 9.59 Å². The van der Waals surface area contributed by atoms with E-state index in [1.54, 1.807) is 37.3 Å². The Balaban J connectivity index is 1.92. The Morgan fingerprint density at radius 1 is 1.23 bits per heavy atom. The molecule has 1 aliphatic rings. The van der Waals surface area contributed by atoms with E-state index in [0.717, 1.165) is 18.7 Å². The normalized spacial score (nSPS) is 21.9. The summed E-state index contributed by atoms with van der Waals surface area (Å²) >= 11 is 0. The number of amides is 2. The van der Waals surface area contributed by atoms with Gasteiger partial charge in [0.05, 0.1) is 17.4 Å². The van der Waals surface area contributed by atoms with Crippen molar-refractivity contribution in [2.45, 2.75) is 52.3 Å². The van der Waals surface area contributed by atoms with Crippen LogP contribution < -0.4 is 10.1 Å². The van der Waals surface area contributed by atoms with Gasteiger partial charge in [-0.05, 0) is 49.6 Å². The Morgan fingerprint density at radius 2 is 2.03 bits per heavy atom. The Kier molecular flexibility index (Phi) is 9.63. The van der Waals surface area contributed by atoms with Crippen LogP contribution in [0.15, 0.2) is 42.6 Å². The van der Waals surface area contributed by atoms with E-state index in [0.29, 0.717) is 43.1 Å². The number of rotatable bonds is 6. The van der Waals surface area contributed by atoms with Gasteiger partial charge in [-0.3, -0.25) is 19.5 Å². The molecule has 2 heterocycles. The van der Waals surface area contributed by atoms with Gasteiger partial charge >= 0.3 is 0 Å². The van der Waals surface area contributed by atoms with Gasteiger partial charge in [-0.15, -0.1) is 0 Å². The standard InChI is InChI=1S/C27H38N4O4/c1-6-9-26(32)29-21-11-12-24-23(14-21)27(33)30(4)17-25(34-5)19(2)15-31(20(3)18-35-24)16-22-10-7-8-13-28-22/h7-8,10-14,19-20,25H,6,9,15-18H2,1-5H3,(H,29,32)/t19-,20+,25+/m1/s1. The summed E-state index contributed by atoms with van der Waals surface area (Å²) in [6.45, 7) is 8.53. The monoisotopic (exact) mass is 482 g/mol. The number of carbonyl (C=O) groups excluding carboxylic acids is 2. The highest BCUT2D eigenvalue weighted by molar-refractivity contribution is 5.99. The minimum absolute atomic E-state index is 0.0704. The summed E-state index contributed by atoms with van der Waals surface area (Å²) in [4.78, 5) is 34.1. The first kappa shape index (κ1) is 26.6. The zero-order valence-electron chi connectivity index (χ0n) is 21.5. The molecule has 0 fully saturated rings. The number of carbonyl (C=O) groups is 2. The van der Waals surface area contributed by atoms with E-state index in [-0.39, 0.29) is 29.9 Å². The molecule has 1 aromatic carbocycles. The van der Waals surface area contributed by atoms with Crippen LogP contribution in [0.1, 0.15) is 49.7 Å². The topological polar surface area (TPSA) is 84.0 Å². The lowest BCUT2D eigenvalue weighted by atomic mass is 10.0. The van der Waals surface area contributed by atoms with Crippen LogP contribution >= 0.6 is 0 Å². The number of methoxy groups -OCH3 is 1.